The van der Waals surface area contributed by atoms with Crippen LogP contribution in [-0.4, -0.2) is 46.1 Å². The maximum atomic E-state index is 13.7. The first-order chi connectivity index (χ1) is 17.9. The monoisotopic (exact) mass is 506 g/mol. The number of hydrogen-bond donors (Lipinski definition) is 1. The molecule has 1 aliphatic heterocycles. The number of piperidine rings is 1. The highest BCUT2D eigenvalue weighted by atomic mass is 19.1. The summed E-state index contributed by atoms with van der Waals surface area (Å²) in [6.45, 7) is 4.38. The van der Waals surface area contributed by atoms with Gasteiger partial charge in [0.2, 0.25) is 5.82 Å². The fourth-order valence-corrected chi connectivity index (χ4v) is 4.69. The van der Waals surface area contributed by atoms with Gasteiger partial charge in [0.1, 0.15) is 11.6 Å². The second kappa shape index (κ2) is 10.6. The Hall–Kier alpha value is -3.92. The van der Waals surface area contributed by atoms with E-state index in [4.69, 9.17) is 4.52 Å². The summed E-state index contributed by atoms with van der Waals surface area (Å²) < 4.78 is 34.2. The van der Waals surface area contributed by atoms with Gasteiger partial charge in [-0.2, -0.15) is 10.1 Å². The number of halogens is 2. The molecule has 4 aromatic rings. The van der Waals surface area contributed by atoms with Crippen molar-refractivity contribution in [2.45, 2.75) is 32.4 Å². The zero-order valence-corrected chi connectivity index (χ0v) is 20.7. The van der Waals surface area contributed by atoms with E-state index in [0.717, 1.165) is 43.1 Å². The molecule has 2 aromatic heterocycles. The Morgan fingerprint density at radius 1 is 1.08 bits per heavy atom. The van der Waals surface area contributed by atoms with Crippen LogP contribution >= 0.6 is 0 Å². The van der Waals surface area contributed by atoms with Gasteiger partial charge in [-0.05, 0) is 68.6 Å². The molecule has 8 nitrogen and oxygen atoms in total. The Kier molecular flexibility index (Phi) is 7.09. The summed E-state index contributed by atoms with van der Waals surface area (Å²) in [7, 11) is 1.97. The van der Waals surface area contributed by atoms with Crippen molar-refractivity contribution in [1.29, 1.82) is 0 Å². The number of hydrogen-bond acceptors (Lipinski definition) is 7. The summed E-state index contributed by atoms with van der Waals surface area (Å²) in [4.78, 5) is 19.1. The first kappa shape index (κ1) is 24.8. The predicted molar refractivity (Wildman–Crippen MR) is 136 cm³/mol. The van der Waals surface area contributed by atoms with E-state index < -0.39 is 11.6 Å². The molecule has 10 heteroatoms. The molecule has 1 saturated heterocycles. The highest BCUT2D eigenvalue weighted by Gasteiger charge is 2.26. The summed E-state index contributed by atoms with van der Waals surface area (Å²) >= 11 is 0. The number of benzene rings is 2. The summed E-state index contributed by atoms with van der Waals surface area (Å²) in [5.41, 5.74) is 1.75. The van der Waals surface area contributed by atoms with Crippen LogP contribution in [0, 0.1) is 17.6 Å². The number of nitrogens with one attached hydrogen (secondary N) is 1. The van der Waals surface area contributed by atoms with Crippen LogP contribution in [0.4, 0.5) is 14.8 Å². The van der Waals surface area contributed by atoms with Gasteiger partial charge in [0, 0.05) is 36.3 Å². The lowest BCUT2D eigenvalue weighted by Gasteiger charge is -2.33. The fourth-order valence-electron chi connectivity index (χ4n) is 4.69. The maximum absolute atomic E-state index is 13.7. The minimum Gasteiger partial charge on any atom is -0.324 e. The summed E-state index contributed by atoms with van der Waals surface area (Å²) in [6, 6.07) is 14.1. The summed E-state index contributed by atoms with van der Waals surface area (Å²) in [5, 5.41) is 11.9. The van der Waals surface area contributed by atoms with Crippen molar-refractivity contribution in [3.8, 4) is 22.6 Å². The number of rotatable bonds is 7. The molecule has 3 heterocycles. The zero-order chi connectivity index (χ0) is 25.9. The van der Waals surface area contributed by atoms with E-state index >= 15 is 0 Å². The number of anilines is 1. The molecule has 192 valence electrons. The van der Waals surface area contributed by atoms with Gasteiger partial charge in [0.05, 0.1) is 12.2 Å². The third-order valence-corrected chi connectivity index (χ3v) is 6.94. The van der Waals surface area contributed by atoms with Crippen molar-refractivity contribution in [2.75, 3.05) is 25.0 Å². The number of nitrogens with zero attached hydrogens (tertiary/aromatic N) is 5. The Labute approximate surface area is 212 Å². The molecule has 1 atom stereocenters. The van der Waals surface area contributed by atoms with Crippen molar-refractivity contribution in [3.05, 3.63) is 82.1 Å². The minimum atomic E-state index is -0.711. The van der Waals surface area contributed by atoms with Gasteiger partial charge in [-0.15, -0.1) is 0 Å². The largest absolute Gasteiger partial charge is 0.324 e. The van der Waals surface area contributed by atoms with Crippen molar-refractivity contribution in [1.82, 2.24) is 25.2 Å². The molecule has 0 bridgehead atoms. The van der Waals surface area contributed by atoms with Gasteiger partial charge >= 0.3 is 6.01 Å². The average molecular weight is 507 g/mol. The molecule has 0 spiro atoms. The topological polar surface area (TPSA) is 89.1 Å². The van der Waals surface area contributed by atoms with Crippen LogP contribution in [0.5, 0.6) is 0 Å². The van der Waals surface area contributed by atoms with Crippen LogP contribution in [-0.2, 0) is 6.54 Å². The van der Waals surface area contributed by atoms with Crippen LogP contribution in [0.1, 0.15) is 25.3 Å². The van der Waals surface area contributed by atoms with Gasteiger partial charge in [0.15, 0.2) is 0 Å². The van der Waals surface area contributed by atoms with Crippen molar-refractivity contribution < 1.29 is 13.3 Å². The van der Waals surface area contributed by atoms with E-state index in [-0.39, 0.29) is 23.7 Å². The molecule has 37 heavy (non-hydrogen) atoms. The first-order valence-electron chi connectivity index (χ1n) is 12.3. The lowest BCUT2D eigenvalue weighted by molar-refractivity contribution is 0.310. The first-order valence-corrected chi connectivity index (χ1v) is 12.3. The molecule has 1 unspecified atom stereocenters. The Balaban J connectivity index is 1.35. The molecule has 0 radical (unpaired) electrons. The second-order valence-corrected chi connectivity index (χ2v) is 9.41. The Morgan fingerprint density at radius 2 is 1.84 bits per heavy atom. The number of aromatic nitrogens is 4. The third-order valence-electron chi connectivity index (χ3n) is 6.94. The standard InChI is InChI=1S/C27H28F2N6O2/c1-17(19-8-10-30-11-9-19)34(2)27-31-26(33-37-27)20-5-3-4-18(12-20)16-35-25(36)7-6-24(32-35)21-13-22(28)15-23(29)14-21/h3-7,12-15,17,19,30H,8-11,16H2,1-2H3. The molecule has 0 aliphatic carbocycles. The van der Waals surface area contributed by atoms with E-state index in [2.05, 4.69) is 27.5 Å². The SMILES string of the molecule is CC(C1CCNCC1)N(C)c1nc(-c2cccc(Cn3nc(-c4cc(F)cc(F)c4)ccc3=O)c2)no1. The molecule has 5 rings (SSSR count). The van der Waals surface area contributed by atoms with E-state index in [0.29, 0.717) is 23.5 Å². The maximum Gasteiger partial charge on any atom is 0.324 e. The van der Waals surface area contributed by atoms with Crippen LogP contribution in [0.2, 0.25) is 0 Å². The normalized spacial score (nSPS) is 15.0. The molecule has 1 N–H and O–H groups in total. The second-order valence-electron chi connectivity index (χ2n) is 9.41. The molecular formula is C27H28F2N6O2. The van der Waals surface area contributed by atoms with Crippen molar-refractivity contribution in [3.63, 3.8) is 0 Å². The Bertz CT molecular complexity index is 1430. The van der Waals surface area contributed by atoms with E-state index in [1.165, 1.54) is 28.9 Å². The van der Waals surface area contributed by atoms with Gasteiger partial charge in [0.25, 0.3) is 5.56 Å². The van der Waals surface area contributed by atoms with Crippen LogP contribution in [0.15, 0.2) is 63.9 Å². The quantitative estimate of drug-likeness (QED) is 0.404. The van der Waals surface area contributed by atoms with E-state index in [1.54, 1.807) is 0 Å². The van der Waals surface area contributed by atoms with Crippen molar-refractivity contribution in [2.24, 2.45) is 5.92 Å². The molecule has 2 aromatic carbocycles. The molecule has 0 amide bonds. The summed E-state index contributed by atoms with van der Waals surface area (Å²) in [6.07, 6.45) is 2.22. The minimum absolute atomic E-state index is 0.162. The van der Waals surface area contributed by atoms with Crippen LogP contribution in [0.25, 0.3) is 22.6 Å². The predicted octanol–water partition coefficient (Wildman–Crippen LogP) is 4.11. The average Bonchev–Trinajstić information content (AvgIpc) is 3.40. The molecular weight excluding hydrogens is 478 g/mol. The third kappa shape index (κ3) is 5.59. The van der Waals surface area contributed by atoms with Gasteiger partial charge in [-0.25, -0.2) is 13.5 Å². The van der Waals surface area contributed by atoms with Crippen molar-refractivity contribution >= 4 is 6.01 Å². The fraction of sp³-hybridized carbons (Fsp3) is 0.333. The Morgan fingerprint density at radius 3 is 2.59 bits per heavy atom. The molecule has 1 aliphatic rings. The highest BCUT2D eigenvalue weighted by Crippen LogP contribution is 2.26. The lowest BCUT2D eigenvalue weighted by atomic mass is 9.90. The van der Waals surface area contributed by atoms with Crippen LogP contribution < -0.4 is 15.8 Å². The van der Waals surface area contributed by atoms with Gasteiger partial charge in [-0.3, -0.25) is 4.79 Å². The van der Waals surface area contributed by atoms with Gasteiger partial charge in [-0.1, -0.05) is 23.4 Å². The van der Waals surface area contributed by atoms with E-state index in [1.807, 2.05) is 36.2 Å². The highest BCUT2D eigenvalue weighted by molar-refractivity contribution is 5.59. The molecule has 0 saturated carbocycles. The lowest BCUT2D eigenvalue weighted by Crippen LogP contribution is -2.41. The smallest absolute Gasteiger partial charge is 0.324 e. The van der Waals surface area contributed by atoms with E-state index in [9.17, 15) is 13.6 Å². The summed E-state index contributed by atoms with van der Waals surface area (Å²) in [5.74, 6) is -0.420. The van der Waals surface area contributed by atoms with Crippen LogP contribution in [0.3, 0.4) is 0 Å². The zero-order valence-electron chi connectivity index (χ0n) is 20.7. The molecule has 1 fully saturated rings. The van der Waals surface area contributed by atoms with Gasteiger partial charge < -0.3 is 14.7 Å².